The second-order valence-electron chi connectivity index (χ2n) is 10.6. The molecule has 2 aliphatic heterocycles. The van der Waals surface area contributed by atoms with E-state index >= 15 is 0 Å². The molecule has 6 heterocycles. The second kappa shape index (κ2) is 14.7. The van der Waals surface area contributed by atoms with Gasteiger partial charge in [0.15, 0.2) is 41.7 Å². The van der Waals surface area contributed by atoms with E-state index in [0.29, 0.717) is 11.0 Å². The van der Waals surface area contributed by atoms with Crippen LogP contribution in [-0.2, 0) is 51.2 Å². The van der Waals surface area contributed by atoms with Crippen LogP contribution < -0.4 is 11.5 Å². The summed E-state index contributed by atoms with van der Waals surface area (Å²) in [6, 6.07) is 0. The average molecular weight is 801 g/mol. The highest BCUT2D eigenvalue weighted by Gasteiger charge is 2.46. The lowest BCUT2D eigenvalue weighted by molar-refractivity contribution is -0.0631. The Morgan fingerprint density at radius 3 is 1.65 bits per heavy atom. The lowest BCUT2D eigenvalue weighted by Crippen LogP contribution is -2.33. The van der Waals surface area contributed by atoms with E-state index < -0.39 is 73.4 Å². The minimum absolute atomic E-state index is 0.130. The van der Waals surface area contributed by atoms with Crippen molar-refractivity contribution in [3.63, 3.8) is 0 Å². The van der Waals surface area contributed by atoms with Crippen molar-refractivity contribution in [1.82, 2.24) is 39.0 Å². The van der Waals surface area contributed by atoms with E-state index in [1.165, 1.54) is 34.4 Å². The largest absolute Gasteiger partial charge is 0.387 e. The zero-order valence-corrected chi connectivity index (χ0v) is 29.9. The van der Waals surface area contributed by atoms with Crippen LogP contribution in [0.1, 0.15) is 12.5 Å². The molecule has 0 radical (unpaired) electrons. The average Bonchev–Trinajstić information content (AvgIpc) is 3.81. The quantitative estimate of drug-likeness (QED) is 0.0434. The van der Waals surface area contributed by atoms with Gasteiger partial charge >= 0.3 is 0 Å². The Kier molecular flexibility index (Phi) is 11.1. The van der Waals surface area contributed by atoms with Crippen LogP contribution >= 0.6 is 35.9 Å². The predicted octanol–water partition coefficient (Wildman–Crippen LogP) is -1.24. The Hall–Kier alpha value is -1.74. The number of nitrogen functional groups attached to an aromatic ring is 2. The molecular weight excluding hydrogens is 771 g/mol. The summed E-state index contributed by atoms with van der Waals surface area (Å²) in [5.41, 5.74) is 5.95. The summed E-state index contributed by atoms with van der Waals surface area (Å²) in [6.07, 6.45) is -6.45. The Bertz CT molecular complexity index is 1910. The van der Waals surface area contributed by atoms with Crippen molar-refractivity contribution in [3.05, 3.63) is 25.3 Å². The van der Waals surface area contributed by atoms with Crippen molar-refractivity contribution in [3.8, 4) is 0 Å². The second-order valence-corrected chi connectivity index (χ2v) is 21.2. The number of thiol groups is 2. The molecule has 6 rings (SSSR count). The van der Waals surface area contributed by atoms with Gasteiger partial charge in [0.1, 0.15) is 66.9 Å². The number of aliphatic hydroxyl groups is 5. The first-order valence-corrected chi connectivity index (χ1v) is 21.6. The smallest absolute Gasteiger partial charge is 0.246 e. The molecule has 2 aliphatic rings. The first kappa shape index (κ1) is 37.0. The summed E-state index contributed by atoms with van der Waals surface area (Å²) >= 11 is 19.0. The van der Waals surface area contributed by atoms with Crippen molar-refractivity contribution in [2.24, 2.45) is 0 Å². The summed E-state index contributed by atoms with van der Waals surface area (Å²) in [6.45, 7) is -1.27. The van der Waals surface area contributed by atoms with Gasteiger partial charge in [0.2, 0.25) is 11.4 Å². The molecule has 9 N–H and O–H groups in total. The van der Waals surface area contributed by atoms with E-state index in [-0.39, 0.29) is 36.1 Å². The molecule has 0 aromatic carbocycles. The van der Waals surface area contributed by atoms with Crippen molar-refractivity contribution >= 4 is 93.5 Å². The van der Waals surface area contributed by atoms with Gasteiger partial charge in [-0.15, -0.1) is 0 Å². The van der Waals surface area contributed by atoms with Crippen molar-refractivity contribution < 1.29 is 53.1 Å². The maximum atomic E-state index is 10.6. The number of rotatable bonds is 13. The molecule has 49 heavy (non-hydrogen) atoms. The summed E-state index contributed by atoms with van der Waals surface area (Å²) in [7, 11) is 0. The SMILES string of the molecule is Nc1ncnc2c1ncn2[C@@H]1O[C@H](COP(=S)(S)OCC(O)OP(=S)(S)OC[C@H]2O[C@@H](n3cnc4c(N)ncnc43)[C@H](O)[C@@H]2O)[C@@H](O)[C@H]1O. The van der Waals surface area contributed by atoms with E-state index in [0.717, 1.165) is 0 Å². The fourth-order valence-electron chi connectivity index (χ4n) is 5.05. The number of aliphatic hydroxyl groups excluding tert-OH is 5. The molecule has 0 spiro atoms. The third-order valence-electron chi connectivity index (χ3n) is 7.44. The molecule has 0 amide bonds. The van der Waals surface area contributed by atoms with Gasteiger partial charge in [0.05, 0.1) is 25.9 Å². The third-order valence-corrected chi connectivity index (χ3v) is 11.9. The lowest BCUT2D eigenvalue weighted by atomic mass is 10.1. The number of fused-ring (bicyclic) bond motifs is 2. The monoisotopic (exact) mass is 800 g/mol. The Morgan fingerprint density at radius 2 is 1.18 bits per heavy atom. The van der Waals surface area contributed by atoms with Crippen LogP contribution in [0.2, 0.25) is 0 Å². The van der Waals surface area contributed by atoms with Gasteiger partial charge in [-0.2, -0.15) is 0 Å². The van der Waals surface area contributed by atoms with Gasteiger partial charge < -0.3 is 60.0 Å². The van der Waals surface area contributed by atoms with E-state index in [2.05, 4.69) is 54.4 Å². The van der Waals surface area contributed by atoms with Crippen LogP contribution in [0.15, 0.2) is 25.3 Å². The molecule has 0 aliphatic carbocycles. The number of aromatic nitrogens is 8. The summed E-state index contributed by atoms with van der Waals surface area (Å²) in [5, 5.41) is 52.9. The lowest BCUT2D eigenvalue weighted by Gasteiger charge is -2.25. The zero-order valence-electron chi connectivity index (χ0n) is 24.7. The molecule has 3 unspecified atom stereocenters. The standard InChI is InChI=1S/C22H30N10O11P2S4/c23-17-11-19(27-4-25-17)31(6-29-11)21-15(36)13(34)8(41-21)1-38-44(46,47)40-3-10(33)43-45(48,49)39-2-9-14(35)16(37)22(42-9)32-7-30-12-18(24)26-5-28-20(12)32/h4-10,13-16,21-22,33-37H,1-3H2,(H,46,47)(H,48,49)(H2,23,25,27)(H2,24,26,28)/t8-,9-,10?,13-,14-,15-,16-,21-,22-/m1/s1. The normalized spacial score (nSPS) is 30.5. The number of hydrogen-bond donors (Lipinski definition) is 9. The van der Waals surface area contributed by atoms with Crippen LogP contribution in [0, 0.1) is 0 Å². The summed E-state index contributed by atoms with van der Waals surface area (Å²) < 4.78 is 36.3. The Morgan fingerprint density at radius 1 is 0.735 bits per heavy atom. The van der Waals surface area contributed by atoms with Crippen molar-refractivity contribution in [2.45, 2.75) is 55.4 Å². The molecule has 2 fully saturated rings. The number of nitrogens with zero attached hydrogens (tertiary/aromatic N) is 8. The van der Waals surface area contributed by atoms with Crippen LogP contribution in [0.25, 0.3) is 22.3 Å². The number of ether oxygens (including phenoxy) is 2. The molecule has 27 heteroatoms. The highest BCUT2D eigenvalue weighted by Crippen LogP contribution is 2.57. The molecule has 2 saturated heterocycles. The first-order valence-electron chi connectivity index (χ1n) is 14.0. The number of nitrogens with two attached hydrogens (primary N) is 2. The molecule has 0 saturated carbocycles. The van der Waals surface area contributed by atoms with Gasteiger partial charge in [-0.3, -0.25) is 13.7 Å². The fourth-order valence-corrected chi connectivity index (χ4v) is 8.31. The molecule has 21 nitrogen and oxygen atoms in total. The van der Waals surface area contributed by atoms with Gasteiger partial charge in [0.25, 0.3) is 0 Å². The zero-order chi connectivity index (χ0) is 35.2. The van der Waals surface area contributed by atoms with Gasteiger partial charge in [0, 0.05) is 0 Å². The number of anilines is 2. The van der Waals surface area contributed by atoms with E-state index in [4.69, 9.17) is 62.6 Å². The molecule has 268 valence electrons. The van der Waals surface area contributed by atoms with E-state index in [1.807, 2.05) is 0 Å². The highest BCUT2D eigenvalue weighted by atomic mass is 32.9. The van der Waals surface area contributed by atoms with Gasteiger partial charge in [-0.05, 0) is 23.6 Å². The van der Waals surface area contributed by atoms with Crippen LogP contribution in [0.3, 0.4) is 0 Å². The predicted molar refractivity (Wildman–Crippen MR) is 183 cm³/mol. The van der Waals surface area contributed by atoms with Crippen LogP contribution in [0.4, 0.5) is 11.6 Å². The topological polar surface area (TPSA) is 296 Å². The minimum Gasteiger partial charge on any atom is -0.387 e. The minimum atomic E-state index is -3.48. The summed E-state index contributed by atoms with van der Waals surface area (Å²) in [5.74, 6) is 0.263. The molecule has 0 bridgehead atoms. The van der Waals surface area contributed by atoms with Gasteiger partial charge in [-0.25, -0.2) is 29.9 Å². The Labute approximate surface area is 296 Å². The summed E-state index contributed by atoms with van der Waals surface area (Å²) in [4.78, 5) is 24.2. The molecular formula is C22H30N10O11P2S4. The molecule has 4 aromatic heterocycles. The Balaban J connectivity index is 0.968. The van der Waals surface area contributed by atoms with E-state index in [1.54, 1.807) is 0 Å². The number of hydrogen-bond acceptors (Lipinski definition) is 21. The van der Waals surface area contributed by atoms with Crippen molar-refractivity contribution in [2.75, 3.05) is 31.3 Å². The van der Waals surface area contributed by atoms with Crippen molar-refractivity contribution in [1.29, 1.82) is 0 Å². The highest BCUT2D eigenvalue weighted by molar-refractivity contribution is 8.60. The molecule has 4 aromatic rings. The van der Waals surface area contributed by atoms with Gasteiger partial charge in [-0.1, -0.05) is 24.5 Å². The van der Waals surface area contributed by atoms with E-state index in [9.17, 15) is 25.5 Å². The van der Waals surface area contributed by atoms with Crippen LogP contribution in [0.5, 0.6) is 0 Å². The fraction of sp³-hybridized carbons (Fsp3) is 0.545. The number of imidazole rings is 2. The first-order chi connectivity index (χ1) is 23.2. The maximum absolute atomic E-state index is 10.6. The third kappa shape index (κ3) is 7.88. The maximum Gasteiger partial charge on any atom is 0.246 e. The molecule has 11 atom stereocenters. The van der Waals surface area contributed by atoms with Crippen LogP contribution in [-0.4, -0.2) is 127 Å².